The molecule has 6 N–H and O–H groups in total. The van der Waals surface area contributed by atoms with Crippen molar-refractivity contribution in [1.29, 1.82) is 0 Å². The molecule has 11 nitrogen and oxygen atoms in total. The van der Waals surface area contributed by atoms with Crippen molar-refractivity contribution in [3.63, 3.8) is 0 Å². The van der Waals surface area contributed by atoms with Crippen LogP contribution in [0.3, 0.4) is 0 Å². The lowest BCUT2D eigenvalue weighted by Gasteiger charge is -2.40. The molecule has 1 saturated carbocycles. The number of hydrazine groups is 1. The number of rotatable bonds is 7. The summed E-state index contributed by atoms with van der Waals surface area (Å²) in [5, 5.41) is 11.7. The summed E-state index contributed by atoms with van der Waals surface area (Å²) in [7, 11) is 3.26. The van der Waals surface area contributed by atoms with E-state index < -0.39 is 6.04 Å². The molecule has 2 aliphatic heterocycles. The van der Waals surface area contributed by atoms with Crippen molar-refractivity contribution in [2.45, 2.75) is 58.4 Å². The molecule has 1 aliphatic carbocycles. The minimum Gasteiger partial charge on any atom is -0.487 e. The van der Waals surface area contributed by atoms with Gasteiger partial charge in [-0.15, -0.1) is 6.42 Å². The Kier molecular flexibility index (Phi) is 14.6. The number of ether oxygens (including phenoxy) is 2. The van der Waals surface area contributed by atoms with E-state index >= 15 is 0 Å². The maximum absolute atomic E-state index is 13.5. The van der Waals surface area contributed by atoms with E-state index in [4.69, 9.17) is 49.0 Å². The Balaban J connectivity index is 0.000000549. The summed E-state index contributed by atoms with van der Waals surface area (Å²) < 4.78 is 11.3. The van der Waals surface area contributed by atoms with Gasteiger partial charge in [-0.3, -0.25) is 14.4 Å². The summed E-state index contributed by atoms with van der Waals surface area (Å²) in [4.78, 5) is 34.1. The number of benzene rings is 1. The molecule has 0 radical (unpaired) electrons. The van der Waals surface area contributed by atoms with Gasteiger partial charge >= 0.3 is 0 Å². The Morgan fingerprint density at radius 1 is 1.30 bits per heavy atom. The van der Waals surface area contributed by atoms with Crippen molar-refractivity contribution in [2.75, 3.05) is 40.5 Å². The number of nitrogens with two attached hydrogens (primary N) is 2. The Morgan fingerprint density at radius 2 is 1.98 bits per heavy atom. The number of fused-ring (bicyclic) bond motifs is 1. The number of hydrogen-bond acceptors (Lipinski definition) is 8. The second-order valence-corrected chi connectivity index (χ2v) is 11.6. The van der Waals surface area contributed by atoms with E-state index in [9.17, 15) is 9.59 Å². The molecular formula is C31H46ClN5O6. The highest BCUT2D eigenvalue weighted by atomic mass is 35.5. The van der Waals surface area contributed by atoms with Crippen molar-refractivity contribution in [2.24, 2.45) is 29.3 Å². The minimum absolute atomic E-state index is 0.00923. The monoisotopic (exact) mass is 619 g/mol. The zero-order valence-corrected chi connectivity index (χ0v) is 26.4. The number of amides is 2. The van der Waals surface area contributed by atoms with Crippen LogP contribution in [0.4, 0.5) is 0 Å². The van der Waals surface area contributed by atoms with Gasteiger partial charge in [-0.05, 0) is 48.8 Å². The van der Waals surface area contributed by atoms with Crippen molar-refractivity contribution in [3.05, 3.63) is 39.7 Å². The molecule has 2 amide bonds. The highest BCUT2D eigenvalue weighted by molar-refractivity contribution is 6.31. The van der Waals surface area contributed by atoms with E-state index in [0.717, 1.165) is 43.4 Å². The molecule has 4 unspecified atom stereocenters. The van der Waals surface area contributed by atoms with Crippen LogP contribution in [0.5, 0.6) is 5.75 Å². The third-order valence-corrected chi connectivity index (χ3v) is 8.31. The van der Waals surface area contributed by atoms with E-state index in [1.54, 1.807) is 26.3 Å². The summed E-state index contributed by atoms with van der Waals surface area (Å²) in [6.45, 7) is 5.76. The van der Waals surface area contributed by atoms with E-state index in [1.165, 1.54) is 11.4 Å². The van der Waals surface area contributed by atoms with Crippen LogP contribution < -0.4 is 21.6 Å². The zero-order chi connectivity index (χ0) is 32.1. The first-order valence-corrected chi connectivity index (χ1v) is 14.9. The smallest absolute Gasteiger partial charge is 0.290 e. The fourth-order valence-corrected chi connectivity index (χ4v) is 5.93. The van der Waals surface area contributed by atoms with Crippen LogP contribution in [0.25, 0.3) is 0 Å². The summed E-state index contributed by atoms with van der Waals surface area (Å²) >= 11 is 6.53. The predicted octanol–water partition coefficient (Wildman–Crippen LogP) is 3.07. The molecule has 1 aromatic rings. The van der Waals surface area contributed by atoms with Crippen molar-refractivity contribution in [3.8, 4) is 18.1 Å². The van der Waals surface area contributed by atoms with Crippen LogP contribution in [0.1, 0.15) is 63.1 Å². The molecule has 1 aromatic carbocycles. The number of carboxylic acid groups (broad SMARTS) is 1. The topological polar surface area (TPSA) is 160 Å². The van der Waals surface area contributed by atoms with Crippen LogP contribution in [-0.2, 0) is 25.5 Å². The standard InChI is InChI=1S/C25H35ClN4O3.C5H9NO.CH2O2/c1-5-21-24-18(12-13-30(21)25(31)17-9-7-6-8-16(17)2)19(26)10-11-23(24)33-14-20(27)22(15-32-4)29(3)28;1-4-2-5(7)6-3-4;2-1-3/h1,10-11,16-17,21H,6-9,12-15,27-28H2,2-4H3;4H,2-3H2,1H3,(H,6,7);1H,(H,2,3)/b22-20-;;. The first-order chi connectivity index (χ1) is 20.5. The molecule has 0 spiro atoms. The summed E-state index contributed by atoms with van der Waals surface area (Å²) in [6.07, 6.45) is 11.6. The van der Waals surface area contributed by atoms with Gasteiger partial charge in [-0.1, -0.05) is 44.2 Å². The van der Waals surface area contributed by atoms with Gasteiger partial charge in [-0.25, -0.2) is 5.84 Å². The number of methoxy groups -OCH3 is 1. The maximum Gasteiger partial charge on any atom is 0.290 e. The fraction of sp³-hybridized carbons (Fsp3) is 0.581. The molecule has 2 heterocycles. The average Bonchev–Trinajstić information content (AvgIpc) is 3.37. The number of nitrogens with one attached hydrogen (secondary N) is 1. The van der Waals surface area contributed by atoms with Crippen molar-refractivity contribution >= 4 is 29.9 Å². The molecule has 4 rings (SSSR count). The van der Waals surface area contributed by atoms with Gasteiger partial charge in [0.2, 0.25) is 11.8 Å². The minimum atomic E-state index is -0.537. The van der Waals surface area contributed by atoms with Gasteiger partial charge in [0.05, 0.1) is 18.0 Å². The first-order valence-electron chi connectivity index (χ1n) is 14.5. The molecule has 4 atom stereocenters. The van der Waals surface area contributed by atoms with E-state index in [1.807, 2.05) is 4.90 Å². The zero-order valence-electron chi connectivity index (χ0n) is 25.6. The van der Waals surface area contributed by atoms with E-state index in [0.29, 0.717) is 47.0 Å². The molecule has 2 fully saturated rings. The predicted molar refractivity (Wildman–Crippen MR) is 166 cm³/mol. The molecule has 238 valence electrons. The Bertz CT molecular complexity index is 1180. The molecule has 1 saturated heterocycles. The molecule has 12 heteroatoms. The number of carbonyl (C=O) groups excluding carboxylic acids is 2. The highest BCUT2D eigenvalue weighted by Crippen LogP contribution is 2.42. The van der Waals surface area contributed by atoms with Crippen molar-refractivity contribution < 1.29 is 29.0 Å². The van der Waals surface area contributed by atoms with E-state index in [-0.39, 0.29) is 37.4 Å². The first kappa shape index (κ1) is 35.7. The van der Waals surface area contributed by atoms with Gasteiger partial charge in [0.25, 0.3) is 6.47 Å². The molecular weight excluding hydrogens is 574 g/mol. The van der Waals surface area contributed by atoms with Gasteiger partial charge in [0.1, 0.15) is 18.4 Å². The third-order valence-electron chi connectivity index (χ3n) is 7.96. The summed E-state index contributed by atoms with van der Waals surface area (Å²) in [6, 6.07) is 3.05. The third kappa shape index (κ3) is 9.78. The highest BCUT2D eigenvalue weighted by Gasteiger charge is 2.38. The second-order valence-electron chi connectivity index (χ2n) is 11.2. The second kappa shape index (κ2) is 17.6. The summed E-state index contributed by atoms with van der Waals surface area (Å²) in [5.74, 6) is 10.5. The number of nitrogens with zero attached hydrogens (tertiary/aromatic N) is 2. The molecule has 0 aromatic heterocycles. The number of terminal acetylenes is 1. The van der Waals surface area contributed by atoms with Gasteiger partial charge in [0.15, 0.2) is 0 Å². The van der Waals surface area contributed by atoms with Gasteiger partial charge in [-0.2, -0.15) is 0 Å². The average molecular weight is 620 g/mol. The SMILES string of the molecule is C#CC1c2c(OC/C(N)=C(\COC)N(C)N)ccc(Cl)c2CCN1C(=O)C1CCCCC1C.CC1CNC(=O)C1.O=CO. The Morgan fingerprint density at radius 3 is 2.49 bits per heavy atom. The molecule has 43 heavy (non-hydrogen) atoms. The number of likely N-dealkylation sites (N-methyl/N-ethyl adjacent to an activating group) is 1. The van der Waals surface area contributed by atoms with E-state index in [2.05, 4.69) is 25.1 Å². The number of carbonyl (C=O) groups is 3. The lowest BCUT2D eigenvalue weighted by Crippen LogP contribution is -2.45. The largest absolute Gasteiger partial charge is 0.487 e. The van der Waals surface area contributed by atoms with Gasteiger partial charge < -0.3 is 35.5 Å². The Labute approximate surface area is 259 Å². The Hall–Kier alpha value is -3.46. The molecule has 0 bridgehead atoms. The number of halogens is 1. The van der Waals surface area contributed by atoms with Crippen LogP contribution in [0, 0.1) is 30.1 Å². The molecule has 3 aliphatic rings. The quantitative estimate of drug-likeness (QED) is 0.156. The fourth-order valence-electron chi connectivity index (χ4n) is 5.67. The lowest BCUT2D eigenvalue weighted by molar-refractivity contribution is -0.140. The van der Waals surface area contributed by atoms with Crippen LogP contribution >= 0.6 is 11.6 Å². The van der Waals surface area contributed by atoms with Gasteiger partial charge in [0, 0.05) is 50.2 Å². The van der Waals surface area contributed by atoms with Crippen molar-refractivity contribution in [1.82, 2.24) is 15.2 Å². The lowest BCUT2D eigenvalue weighted by atomic mass is 9.78. The normalized spacial score (nSPS) is 23.1. The summed E-state index contributed by atoms with van der Waals surface area (Å²) in [5.41, 5.74) is 9.00. The van der Waals surface area contributed by atoms with Crippen LogP contribution in [0.15, 0.2) is 23.5 Å². The van der Waals surface area contributed by atoms with Crippen LogP contribution in [-0.4, -0.2) is 73.8 Å². The number of hydrogen-bond donors (Lipinski definition) is 4. The maximum atomic E-state index is 13.5. The van der Waals surface area contributed by atoms with Crippen LogP contribution in [0.2, 0.25) is 5.02 Å².